The summed E-state index contributed by atoms with van der Waals surface area (Å²) in [7, 11) is 1.37. The second kappa shape index (κ2) is 7.53. The molecule has 0 saturated carbocycles. The number of nitrogens with zero attached hydrogens (tertiary/aromatic N) is 2. The number of carbonyl (C=O) groups excluding carboxylic acids is 1. The van der Waals surface area contributed by atoms with Crippen molar-refractivity contribution < 1.29 is 9.53 Å². The van der Waals surface area contributed by atoms with Crippen LogP contribution in [0.3, 0.4) is 0 Å². The fourth-order valence-corrected chi connectivity index (χ4v) is 3.31. The maximum atomic E-state index is 13.0. The fraction of sp³-hybridized carbons (Fsp3) is 0.211. The molecule has 0 radical (unpaired) electrons. The van der Waals surface area contributed by atoms with Crippen molar-refractivity contribution in [3.05, 3.63) is 64.4 Å². The molecule has 0 atom stereocenters. The molecule has 128 valence electrons. The van der Waals surface area contributed by atoms with Gasteiger partial charge in [0.15, 0.2) is 5.16 Å². The Labute approximate surface area is 149 Å². The van der Waals surface area contributed by atoms with Crippen LogP contribution in [0.4, 0.5) is 0 Å². The van der Waals surface area contributed by atoms with Crippen LogP contribution in [0.25, 0.3) is 16.6 Å². The summed E-state index contributed by atoms with van der Waals surface area (Å²) in [6.07, 6.45) is 0.207. The zero-order valence-corrected chi connectivity index (χ0v) is 14.9. The van der Waals surface area contributed by atoms with Crippen molar-refractivity contribution in [2.75, 3.05) is 12.9 Å². The number of hydrogen-bond acceptors (Lipinski definition) is 5. The monoisotopic (exact) mass is 354 g/mol. The van der Waals surface area contributed by atoms with E-state index in [1.54, 1.807) is 10.6 Å². The summed E-state index contributed by atoms with van der Waals surface area (Å²) < 4.78 is 6.30. The summed E-state index contributed by atoms with van der Waals surface area (Å²) in [6, 6.07) is 14.7. The zero-order chi connectivity index (χ0) is 17.8. The minimum absolute atomic E-state index is 0.0951. The molecule has 3 rings (SSSR count). The van der Waals surface area contributed by atoms with Crippen LogP contribution in [0.2, 0.25) is 0 Å². The topological polar surface area (TPSA) is 61.2 Å². The number of carbonyl (C=O) groups is 1. The summed E-state index contributed by atoms with van der Waals surface area (Å²) >= 11 is 1.52. The van der Waals surface area contributed by atoms with Gasteiger partial charge in [0, 0.05) is 0 Å². The standard InChI is InChI=1S/C19H18N2O3S/c1-3-25-19-20-16-7-5-4-6-15(16)18(23)21(19)14-10-8-13(9-11-14)12-17(22)24-2/h4-11H,3,12H2,1-2H3. The second-order valence-corrected chi connectivity index (χ2v) is 6.64. The molecular formula is C19H18N2O3S. The molecule has 1 heterocycles. The quantitative estimate of drug-likeness (QED) is 0.400. The SMILES string of the molecule is CCSc1nc2ccccc2c(=O)n1-c1ccc(CC(=O)OC)cc1. The highest BCUT2D eigenvalue weighted by Crippen LogP contribution is 2.21. The predicted octanol–water partition coefficient (Wildman–Crippen LogP) is 3.21. The number of fused-ring (bicyclic) bond motifs is 1. The smallest absolute Gasteiger partial charge is 0.309 e. The Hall–Kier alpha value is -2.60. The molecular weight excluding hydrogens is 336 g/mol. The number of methoxy groups -OCH3 is 1. The molecule has 0 amide bonds. The van der Waals surface area contributed by atoms with Crippen molar-refractivity contribution in [1.82, 2.24) is 9.55 Å². The van der Waals surface area contributed by atoms with Crippen LogP contribution in [-0.4, -0.2) is 28.4 Å². The summed E-state index contributed by atoms with van der Waals surface area (Å²) in [6.45, 7) is 2.02. The molecule has 3 aromatic rings. The number of ether oxygens (including phenoxy) is 1. The molecule has 5 nitrogen and oxygen atoms in total. The highest BCUT2D eigenvalue weighted by Gasteiger charge is 2.13. The third-order valence-corrected chi connectivity index (χ3v) is 4.61. The Morgan fingerprint density at radius 2 is 1.88 bits per heavy atom. The van der Waals surface area contributed by atoms with Crippen LogP contribution >= 0.6 is 11.8 Å². The lowest BCUT2D eigenvalue weighted by atomic mass is 10.1. The number of benzene rings is 2. The predicted molar refractivity (Wildman–Crippen MR) is 99.5 cm³/mol. The van der Waals surface area contributed by atoms with Gasteiger partial charge in [-0.3, -0.25) is 14.2 Å². The van der Waals surface area contributed by atoms with Crippen LogP contribution < -0.4 is 5.56 Å². The minimum Gasteiger partial charge on any atom is -0.469 e. The number of aromatic nitrogens is 2. The molecule has 0 N–H and O–H groups in total. The Morgan fingerprint density at radius 1 is 1.16 bits per heavy atom. The molecule has 0 fully saturated rings. The van der Waals surface area contributed by atoms with Crippen LogP contribution in [0, 0.1) is 0 Å². The molecule has 0 bridgehead atoms. The van der Waals surface area contributed by atoms with Crippen LogP contribution in [0.15, 0.2) is 58.5 Å². The van der Waals surface area contributed by atoms with E-state index in [2.05, 4.69) is 9.72 Å². The first-order valence-corrected chi connectivity index (χ1v) is 8.93. The maximum absolute atomic E-state index is 13.0. The third-order valence-electron chi connectivity index (χ3n) is 3.79. The van der Waals surface area contributed by atoms with Gasteiger partial charge >= 0.3 is 5.97 Å². The van der Waals surface area contributed by atoms with E-state index in [1.165, 1.54) is 18.9 Å². The highest BCUT2D eigenvalue weighted by molar-refractivity contribution is 7.99. The first-order valence-electron chi connectivity index (χ1n) is 7.94. The van der Waals surface area contributed by atoms with Crippen molar-refractivity contribution >= 4 is 28.6 Å². The molecule has 2 aromatic carbocycles. The molecule has 1 aromatic heterocycles. The first kappa shape index (κ1) is 17.2. The molecule has 0 aliphatic rings. The third kappa shape index (κ3) is 3.58. The fourth-order valence-electron chi connectivity index (χ4n) is 2.57. The van der Waals surface area contributed by atoms with Crippen molar-refractivity contribution in [2.24, 2.45) is 0 Å². The molecule has 0 aliphatic heterocycles. The van der Waals surface area contributed by atoms with E-state index >= 15 is 0 Å². The van der Waals surface area contributed by atoms with Gasteiger partial charge in [-0.05, 0) is 35.6 Å². The van der Waals surface area contributed by atoms with Gasteiger partial charge in [0.1, 0.15) is 0 Å². The number of hydrogen-bond donors (Lipinski definition) is 0. The van der Waals surface area contributed by atoms with E-state index < -0.39 is 0 Å². The van der Waals surface area contributed by atoms with Gasteiger partial charge in [-0.25, -0.2) is 4.98 Å². The van der Waals surface area contributed by atoms with Crippen molar-refractivity contribution in [2.45, 2.75) is 18.5 Å². The molecule has 6 heteroatoms. The van der Waals surface area contributed by atoms with Crippen LogP contribution in [0.1, 0.15) is 12.5 Å². The minimum atomic E-state index is -0.292. The highest BCUT2D eigenvalue weighted by atomic mass is 32.2. The Morgan fingerprint density at radius 3 is 2.56 bits per heavy atom. The Kier molecular flexibility index (Phi) is 5.19. The molecule has 25 heavy (non-hydrogen) atoms. The van der Waals surface area contributed by atoms with Gasteiger partial charge < -0.3 is 4.74 Å². The summed E-state index contributed by atoms with van der Waals surface area (Å²) in [5.74, 6) is 0.519. The van der Waals surface area contributed by atoms with E-state index in [1.807, 2.05) is 49.4 Å². The van der Waals surface area contributed by atoms with Gasteiger partial charge in [-0.2, -0.15) is 0 Å². The van der Waals surface area contributed by atoms with Crippen molar-refractivity contribution in [1.29, 1.82) is 0 Å². The lowest BCUT2D eigenvalue weighted by molar-refractivity contribution is -0.139. The lowest BCUT2D eigenvalue weighted by Gasteiger charge is -2.13. The van der Waals surface area contributed by atoms with E-state index in [0.29, 0.717) is 16.1 Å². The number of para-hydroxylation sites is 1. The normalized spacial score (nSPS) is 10.8. The zero-order valence-electron chi connectivity index (χ0n) is 14.1. The van der Waals surface area contributed by atoms with Crippen molar-refractivity contribution in [3.8, 4) is 5.69 Å². The number of thioether (sulfide) groups is 1. The largest absolute Gasteiger partial charge is 0.469 e. The average Bonchev–Trinajstić information content (AvgIpc) is 2.63. The van der Waals surface area contributed by atoms with E-state index in [9.17, 15) is 9.59 Å². The molecule has 0 aliphatic carbocycles. The molecule has 0 saturated heterocycles. The van der Waals surface area contributed by atoms with Gasteiger partial charge in [0.25, 0.3) is 5.56 Å². The summed E-state index contributed by atoms with van der Waals surface area (Å²) in [5, 5.41) is 1.24. The van der Waals surface area contributed by atoms with Gasteiger partial charge in [-0.15, -0.1) is 0 Å². The number of esters is 1. The maximum Gasteiger partial charge on any atom is 0.309 e. The van der Waals surface area contributed by atoms with E-state index in [-0.39, 0.29) is 17.9 Å². The van der Waals surface area contributed by atoms with Crippen LogP contribution in [-0.2, 0) is 16.0 Å². The van der Waals surface area contributed by atoms with E-state index in [0.717, 1.165) is 17.0 Å². The number of rotatable bonds is 5. The molecule has 0 unspecified atom stereocenters. The average molecular weight is 354 g/mol. The van der Waals surface area contributed by atoms with Gasteiger partial charge in [-0.1, -0.05) is 43.0 Å². The second-order valence-electron chi connectivity index (χ2n) is 5.40. The lowest BCUT2D eigenvalue weighted by Crippen LogP contribution is -2.21. The summed E-state index contributed by atoms with van der Waals surface area (Å²) in [5.41, 5.74) is 2.17. The first-order chi connectivity index (χ1) is 12.1. The van der Waals surface area contributed by atoms with Gasteiger partial charge in [0.2, 0.25) is 0 Å². The Balaban J connectivity index is 2.10. The molecule has 0 spiro atoms. The summed E-state index contributed by atoms with van der Waals surface area (Å²) in [4.78, 5) is 29.0. The van der Waals surface area contributed by atoms with Crippen molar-refractivity contribution in [3.63, 3.8) is 0 Å². The van der Waals surface area contributed by atoms with E-state index in [4.69, 9.17) is 0 Å². The van der Waals surface area contributed by atoms with Gasteiger partial charge in [0.05, 0.1) is 30.1 Å². The Bertz CT molecular complexity index is 965. The van der Waals surface area contributed by atoms with Crippen LogP contribution in [0.5, 0.6) is 0 Å².